The Morgan fingerprint density at radius 2 is 2.00 bits per heavy atom. The molecule has 0 bridgehead atoms. The second-order valence-corrected chi connectivity index (χ2v) is 8.52. The number of nitrogens with zero attached hydrogens (tertiary/aromatic N) is 2. The molecule has 0 spiro atoms. The van der Waals surface area contributed by atoms with E-state index < -0.39 is 0 Å². The number of benzene rings is 2. The van der Waals surface area contributed by atoms with E-state index in [-0.39, 0.29) is 30.6 Å². The molecular formula is C22H20Cl2FN3O2S. The van der Waals surface area contributed by atoms with Crippen LogP contribution in [-0.2, 0) is 16.0 Å². The van der Waals surface area contributed by atoms with Gasteiger partial charge in [0.2, 0.25) is 11.8 Å². The number of aromatic nitrogens is 1. The molecule has 5 nitrogen and oxygen atoms in total. The van der Waals surface area contributed by atoms with Crippen LogP contribution in [0.2, 0.25) is 10.0 Å². The van der Waals surface area contributed by atoms with Gasteiger partial charge in [0.25, 0.3) is 0 Å². The standard InChI is InChI=1S/C22H20Cl2FN3O2S/c1-2-8-28(12-20(29)27-19-10-15(23)6-7-18(19)24)21(30)11-17-13-31-22(26-17)14-4-3-5-16(25)9-14/h3-7,9-10,13H,2,8,11-12H2,1H3,(H,27,29). The van der Waals surface area contributed by atoms with E-state index in [0.29, 0.717) is 45.0 Å². The molecule has 162 valence electrons. The number of hydrogen-bond donors (Lipinski definition) is 1. The van der Waals surface area contributed by atoms with Crippen molar-refractivity contribution in [2.75, 3.05) is 18.4 Å². The Kier molecular flexibility index (Phi) is 8.01. The normalized spacial score (nSPS) is 10.7. The van der Waals surface area contributed by atoms with Crippen molar-refractivity contribution in [3.8, 4) is 10.6 Å². The van der Waals surface area contributed by atoms with Crippen LogP contribution in [0.3, 0.4) is 0 Å². The van der Waals surface area contributed by atoms with E-state index in [4.69, 9.17) is 23.2 Å². The molecule has 0 atom stereocenters. The summed E-state index contributed by atoms with van der Waals surface area (Å²) in [5.74, 6) is -0.930. The lowest BCUT2D eigenvalue weighted by atomic mass is 10.2. The van der Waals surface area contributed by atoms with Gasteiger partial charge in [-0.15, -0.1) is 11.3 Å². The third-order valence-corrected chi connectivity index (χ3v) is 5.84. The maximum absolute atomic E-state index is 13.4. The maximum atomic E-state index is 13.4. The van der Waals surface area contributed by atoms with Gasteiger partial charge in [0.1, 0.15) is 10.8 Å². The minimum Gasteiger partial charge on any atom is -0.333 e. The molecule has 1 heterocycles. The number of carbonyl (C=O) groups is 2. The maximum Gasteiger partial charge on any atom is 0.244 e. The highest BCUT2D eigenvalue weighted by molar-refractivity contribution is 7.13. The smallest absolute Gasteiger partial charge is 0.244 e. The van der Waals surface area contributed by atoms with E-state index in [0.717, 1.165) is 0 Å². The fourth-order valence-electron chi connectivity index (χ4n) is 2.93. The minimum absolute atomic E-state index is 0.0526. The quantitative estimate of drug-likeness (QED) is 0.452. The average Bonchev–Trinajstić information content (AvgIpc) is 3.19. The van der Waals surface area contributed by atoms with Crippen LogP contribution in [0.15, 0.2) is 47.8 Å². The highest BCUT2D eigenvalue weighted by Crippen LogP contribution is 2.26. The van der Waals surface area contributed by atoms with Crippen molar-refractivity contribution in [1.82, 2.24) is 9.88 Å². The first-order valence-corrected chi connectivity index (χ1v) is 11.2. The Bertz CT molecular complexity index is 1090. The Morgan fingerprint density at radius 3 is 2.74 bits per heavy atom. The van der Waals surface area contributed by atoms with Gasteiger partial charge in [-0.2, -0.15) is 0 Å². The number of amides is 2. The molecule has 0 saturated carbocycles. The first kappa shape index (κ1) is 23.2. The van der Waals surface area contributed by atoms with Gasteiger partial charge in [-0.1, -0.05) is 42.3 Å². The Morgan fingerprint density at radius 1 is 1.19 bits per heavy atom. The van der Waals surface area contributed by atoms with Gasteiger partial charge in [0.15, 0.2) is 0 Å². The van der Waals surface area contributed by atoms with E-state index in [9.17, 15) is 14.0 Å². The van der Waals surface area contributed by atoms with Crippen LogP contribution >= 0.6 is 34.5 Å². The summed E-state index contributed by atoms with van der Waals surface area (Å²) in [5, 5.41) is 5.90. The van der Waals surface area contributed by atoms with Crippen LogP contribution < -0.4 is 5.32 Å². The van der Waals surface area contributed by atoms with E-state index in [1.807, 2.05) is 6.92 Å². The lowest BCUT2D eigenvalue weighted by Crippen LogP contribution is -2.39. The molecule has 31 heavy (non-hydrogen) atoms. The average molecular weight is 480 g/mol. The first-order chi connectivity index (χ1) is 14.9. The summed E-state index contributed by atoms with van der Waals surface area (Å²) in [7, 11) is 0. The van der Waals surface area contributed by atoms with Crippen molar-refractivity contribution in [3.63, 3.8) is 0 Å². The fraction of sp³-hybridized carbons (Fsp3) is 0.227. The molecule has 0 aliphatic heterocycles. The zero-order valence-electron chi connectivity index (χ0n) is 16.7. The summed E-state index contributed by atoms with van der Waals surface area (Å²) in [6.07, 6.45) is 0.750. The molecular weight excluding hydrogens is 460 g/mol. The van der Waals surface area contributed by atoms with Crippen LogP contribution in [0.1, 0.15) is 19.0 Å². The molecule has 9 heteroatoms. The van der Waals surface area contributed by atoms with Gasteiger partial charge in [-0.3, -0.25) is 9.59 Å². The molecule has 3 aromatic rings. The second kappa shape index (κ2) is 10.7. The van der Waals surface area contributed by atoms with Crippen LogP contribution in [0, 0.1) is 5.82 Å². The van der Waals surface area contributed by atoms with Gasteiger partial charge >= 0.3 is 0 Å². The van der Waals surface area contributed by atoms with E-state index in [1.54, 1.807) is 35.7 Å². The topological polar surface area (TPSA) is 62.3 Å². The van der Waals surface area contributed by atoms with Crippen molar-refractivity contribution in [2.24, 2.45) is 0 Å². The number of halogens is 3. The summed E-state index contributed by atoms with van der Waals surface area (Å²) >= 11 is 13.4. The van der Waals surface area contributed by atoms with E-state index >= 15 is 0 Å². The molecule has 2 aromatic carbocycles. The number of thiazole rings is 1. The molecule has 0 unspecified atom stereocenters. The van der Waals surface area contributed by atoms with Crippen LogP contribution in [0.5, 0.6) is 0 Å². The molecule has 0 aliphatic carbocycles. The summed E-state index contributed by atoms with van der Waals surface area (Å²) in [6, 6.07) is 10.9. The third-order valence-electron chi connectivity index (χ3n) is 4.34. The monoisotopic (exact) mass is 479 g/mol. The van der Waals surface area contributed by atoms with Crippen LogP contribution in [-0.4, -0.2) is 34.8 Å². The number of carbonyl (C=O) groups excluding carboxylic acids is 2. The SMILES string of the molecule is CCCN(CC(=O)Nc1cc(Cl)ccc1Cl)C(=O)Cc1csc(-c2cccc(F)c2)n1. The van der Waals surface area contributed by atoms with Crippen molar-refractivity contribution in [3.05, 3.63) is 69.4 Å². The summed E-state index contributed by atoms with van der Waals surface area (Å²) < 4.78 is 13.4. The number of rotatable bonds is 8. The molecule has 1 N–H and O–H groups in total. The first-order valence-electron chi connectivity index (χ1n) is 9.58. The molecule has 0 saturated heterocycles. The Labute approximate surface area is 193 Å². The van der Waals surface area contributed by atoms with Crippen molar-refractivity contribution in [2.45, 2.75) is 19.8 Å². The van der Waals surface area contributed by atoms with E-state index in [1.165, 1.54) is 28.4 Å². The molecule has 3 rings (SSSR count). The van der Waals surface area contributed by atoms with Gasteiger partial charge in [-0.25, -0.2) is 9.37 Å². The predicted molar refractivity (Wildman–Crippen MR) is 123 cm³/mol. The molecule has 0 aliphatic rings. The molecule has 0 radical (unpaired) electrons. The van der Waals surface area contributed by atoms with Gasteiger partial charge in [0.05, 0.1) is 29.4 Å². The van der Waals surface area contributed by atoms with Gasteiger partial charge < -0.3 is 10.2 Å². The van der Waals surface area contributed by atoms with E-state index in [2.05, 4.69) is 10.3 Å². The Hall–Kier alpha value is -2.48. The fourth-order valence-corrected chi connectivity index (χ4v) is 4.08. The lowest BCUT2D eigenvalue weighted by molar-refractivity contribution is -0.134. The zero-order valence-corrected chi connectivity index (χ0v) is 19.0. The highest BCUT2D eigenvalue weighted by Gasteiger charge is 2.19. The molecule has 2 amide bonds. The summed E-state index contributed by atoms with van der Waals surface area (Å²) in [5.41, 5.74) is 1.63. The van der Waals surface area contributed by atoms with Crippen molar-refractivity contribution < 1.29 is 14.0 Å². The summed E-state index contributed by atoms with van der Waals surface area (Å²) in [4.78, 5) is 31.2. The Balaban J connectivity index is 1.65. The van der Waals surface area contributed by atoms with Crippen molar-refractivity contribution >= 4 is 52.0 Å². The molecule has 1 aromatic heterocycles. The van der Waals surface area contributed by atoms with Gasteiger partial charge in [-0.05, 0) is 36.8 Å². The zero-order chi connectivity index (χ0) is 22.4. The number of hydrogen-bond acceptors (Lipinski definition) is 4. The number of anilines is 1. The third kappa shape index (κ3) is 6.50. The largest absolute Gasteiger partial charge is 0.333 e. The minimum atomic E-state index is -0.371. The second-order valence-electron chi connectivity index (χ2n) is 6.82. The highest BCUT2D eigenvalue weighted by atomic mass is 35.5. The van der Waals surface area contributed by atoms with Crippen LogP contribution in [0.4, 0.5) is 10.1 Å². The summed E-state index contributed by atoms with van der Waals surface area (Å²) in [6.45, 7) is 2.24. The predicted octanol–water partition coefficient (Wildman–Crippen LogP) is 5.68. The van der Waals surface area contributed by atoms with Gasteiger partial charge in [0, 0.05) is 22.5 Å². The molecule has 0 fully saturated rings. The van der Waals surface area contributed by atoms with Crippen molar-refractivity contribution in [1.29, 1.82) is 0 Å². The number of nitrogens with one attached hydrogen (secondary N) is 1. The lowest BCUT2D eigenvalue weighted by Gasteiger charge is -2.21. The van der Waals surface area contributed by atoms with Crippen LogP contribution in [0.25, 0.3) is 10.6 Å².